The maximum Gasteiger partial charge on any atom is 0.242 e. The molecule has 0 bridgehead atoms. The van der Waals surface area contributed by atoms with Crippen molar-refractivity contribution in [3.8, 4) is 17.7 Å². The van der Waals surface area contributed by atoms with E-state index in [1.54, 1.807) is 12.1 Å². The number of ether oxygens (including phenoxy) is 1. The lowest BCUT2D eigenvalue weighted by atomic mass is 10.2. The van der Waals surface area contributed by atoms with Crippen LogP contribution in [0, 0.1) is 24.1 Å². The van der Waals surface area contributed by atoms with E-state index in [4.69, 9.17) is 4.74 Å². The highest BCUT2D eigenvalue weighted by Gasteiger charge is 2.23. The summed E-state index contributed by atoms with van der Waals surface area (Å²) >= 11 is 0. The molecule has 27 heavy (non-hydrogen) atoms. The Kier molecular flexibility index (Phi) is 4.38. The van der Waals surface area contributed by atoms with Crippen molar-refractivity contribution in [1.82, 2.24) is 19.9 Å². The number of nitrogens with one attached hydrogen (secondary N) is 1. The van der Waals surface area contributed by atoms with E-state index in [1.807, 2.05) is 11.8 Å². The molecule has 138 valence electrons. The molecule has 1 fully saturated rings. The Hall–Kier alpha value is -3.18. The molecule has 3 aromatic rings. The molecule has 2 aromatic heterocycles. The Morgan fingerprint density at radius 1 is 1.22 bits per heavy atom. The Morgan fingerprint density at radius 2 is 2.00 bits per heavy atom. The number of aromatic amines is 1. The number of aromatic nitrogens is 3. The van der Waals surface area contributed by atoms with Crippen molar-refractivity contribution in [3.63, 3.8) is 0 Å². The van der Waals surface area contributed by atoms with E-state index < -0.39 is 5.82 Å². The number of piperazine rings is 1. The summed E-state index contributed by atoms with van der Waals surface area (Å²) in [5, 5.41) is 10.1. The predicted octanol–water partition coefficient (Wildman–Crippen LogP) is 2.82. The van der Waals surface area contributed by atoms with Crippen LogP contribution in [-0.2, 0) is 0 Å². The molecule has 1 N–H and O–H groups in total. The SMILES string of the molecule is Cc1cc2c(F)c(Oc3ncnc(N4CCN(C)CC4)c3C#N)ccc2[nH]1. The summed E-state index contributed by atoms with van der Waals surface area (Å²) < 4.78 is 20.5. The summed E-state index contributed by atoms with van der Waals surface area (Å²) in [6.07, 6.45) is 1.35. The Balaban J connectivity index is 1.69. The third-order valence-electron chi connectivity index (χ3n) is 4.75. The van der Waals surface area contributed by atoms with Crippen molar-refractivity contribution < 1.29 is 9.13 Å². The van der Waals surface area contributed by atoms with Gasteiger partial charge in [-0.05, 0) is 32.2 Å². The minimum absolute atomic E-state index is 0.0287. The van der Waals surface area contributed by atoms with Crippen LogP contribution in [0.15, 0.2) is 24.5 Å². The van der Waals surface area contributed by atoms with Gasteiger partial charge in [0.2, 0.25) is 5.88 Å². The Labute approximate surface area is 156 Å². The molecular weight excluding hydrogens is 347 g/mol. The maximum atomic E-state index is 14.8. The second kappa shape index (κ2) is 6.85. The molecule has 0 radical (unpaired) electrons. The zero-order valence-corrected chi connectivity index (χ0v) is 15.2. The normalized spacial score (nSPS) is 15.1. The summed E-state index contributed by atoms with van der Waals surface area (Å²) in [5.41, 5.74) is 1.77. The number of likely N-dealkylation sites (N-methyl/N-ethyl adjacent to an activating group) is 1. The van der Waals surface area contributed by atoms with Gasteiger partial charge in [-0.25, -0.2) is 14.4 Å². The van der Waals surface area contributed by atoms with Crippen LogP contribution >= 0.6 is 0 Å². The van der Waals surface area contributed by atoms with Gasteiger partial charge in [0.05, 0.1) is 0 Å². The maximum absolute atomic E-state index is 14.8. The van der Waals surface area contributed by atoms with E-state index >= 15 is 0 Å². The molecule has 0 atom stereocenters. The first kappa shape index (κ1) is 17.2. The van der Waals surface area contributed by atoms with Crippen molar-refractivity contribution in [1.29, 1.82) is 5.26 Å². The van der Waals surface area contributed by atoms with Crippen LogP contribution in [0.4, 0.5) is 10.2 Å². The van der Waals surface area contributed by atoms with Crippen molar-refractivity contribution in [2.45, 2.75) is 6.92 Å². The van der Waals surface area contributed by atoms with Crippen LogP contribution in [-0.4, -0.2) is 53.1 Å². The van der Waals surface area contributed by atoms with Gasteiger partial charge >= 0.3 is 0 Å². The summed E-state index contributed by atoms with van der Waals surface area (Å²) in [5.74, 6) is 0.128. The molecule has 0 spiro atoms. The molecule has 7 nitrogen and oxygen atoms in total. The zero-order valence-electron chi connectivity index (χ0n) is 15.2. The standard InChI is InChI=1S/C19H19FN6O/c1-12-9-13-15(24-12)3-4-16(17(13)20)27-19-14(10-21)18(22-11-23-19)26-7-5-25(2)6-8-26/h3-4,9,11,24H,5-8H2,1-2H3. The number of nitrogens with zero attached hydrogens (tertiary/aromatic N) is 5. The molecule has 1 aliphatic rings. The van der Waals surface area contributed by atoms with Gasteiger partial charge in [0.15, 0.2) is 22.9 Å². The van der Waals surface area contributed by atoms with Gasteiger partial charge in [0, 0.05) is 42.8 Å². The van der Waals surface area contributed by atoms with E-state index in [2.05, 4.69) is 33.0 Å². The predicted molar refractivity (Wildman–Crippen MR) is 99.5 cm³/mol. The van der Waals surface area contributed by atoms with Crippen LogP contribution in [0.25, 0.3) is 10.9 Å². The van der Waals surface area contributed by atoms with Gasteiger partial charge in [0.1, 0.15) is 12.4 Å². The van der Waals surface area contributed by atoms with Gasteiger partial charge in [-0.15, -0.1) is 0 Å². The second-order valence-electron chi connectivity index (χ2n) is 6.67. The fourth-order valence-electron chi connectivity index (χ4n) is 3.26. The van der Waals surface area contributed by atoms with Crippen LogP contribution in [0.2, 0.25) is 0 Å². The van der Waals surface area contributed by atoms with Crippen LogP contribution in [0.5, 0.6) is 11.6 Å². The molecule has 3 heterocycles. The van der Waals surface area contributed by atoms with Gasteiger partial charge < -0.3 is 19.5 Å². The fourth-order valence-corrected chi connectivity index (χ4v) is 3.26. The van der Waals surface area contributed by atoms with Crippen LogP contribution in [0.1, 0.15) is 11.3 Å². The van der Waals surface area contributed by atoms with E-state index in [0.717, 1.165) is 31.9 Å². The number of H-pyrrole nitrogens is 1. The molecular formula is C19H19FN6O. The van der Waals surface area contributed by atoms with Crippen molar-refractivity contribution in [2.24, 2.45) is 0 Å². The molecule has 0 aliphatic carbocycles. The molecule has 0 amide bonds. The number of halogens is 1. The zero-order chi connectivity index (χ0) is 19.0. The monoisotopic (exact) mass is 366 g/mol. The number of aryl methyl sites for hydroxylation is 1. The Bertz CT molecular complexity index is 1030. The average Bonchev–Trinajstić information content (AvgIpc) is 3.06. The molecule has 1 saturated heterocycles. The van der Waals surface area contributed by atoms with Crippen LogP contribution < -0.4 is 9.64 Å². The molecule has 8 heteroatoms. The third-order valence-corrected chi connectivity index (χ3v) is 4.75. The first-order chi connectivity index (χ1) is 13.1. The van der Waals surface area contributed by atoms with E-state index in [9.17, 15) is 9.65 Å². The van der Waals surface area contributed by atoms with Crippen molar-refractivity contribution >= 4 is 16.7 Å². The summed E-state index contributed by atoms with van der Waals surface area (Å²) in [7, 11) is 2.05. The van der Waals surface area contributed by atoms with Gasteiger partial charge in [-0.3, -0.25) is 0 Å². The van der Waals surface area contributed by atoms with Crippen molar-refractivity contribution in [2.75, 3.05) is 38.1 Å². The largest absolute Gasteiger partial charge is 0.434 e. The second-order valence-corrected chi connectivity index (χ2v) is 6.67. The number of fused-ring (bicyclic) bond motifs is 1. The van der Waals surface area contributed by atoms with E-state index in [0.29, 0.717) is 16.7 Å². The number of rotatable bonds is 3. The minimum atomic E-state index is -0.486. The fraction of sp³-hybridized carbons (Fsp3) is 0.316. The summed E-state index contributed by atoms with van der Waals surface area (Å²) in [6, 6.07) is 7.12. The lowest BCUT2D eigenvalue weighted by Crippen LogP contribution is -2.45. The lowest BCUT2D eigenvalue weighted by molar-refractivity contribution is 0.311. The van der Waals surface area contributed by atoms with Crippen molar-refractivity contribution in [3.05, 3.63) is 41.6 Å². The first-order valence-corrected chi connectivity index (χ1v) is 8.71. The molecule has 0 unspecified atom stereocenters. The van der Waals surface area contributed by atoms with Crippen LogP contribution in [0.3, 0.4) is 0 Å². The highest BCUT2D eigenvalue weighted by Crippen LogP contribution is 2.33. The highest BCUT2D eigenvalue weighted by molar-refractivity contribution is 5.82. The lowest BCUT2D eigenvalue weighted by Gasteiger charge is -2.33. The first-order valence-electron chi connectivity index (χ1n) is 8.71. The number of hydrogen-bond acceptors (Lipinski definition) is 6. The number of anilines is 1. The number of hydrogen-bond donors (Lipinski definition) is 1. The molecule has 1 aliphatic heterocycles. The number of nitriles is 1. The van der Waals surface area contributed by atoms with Gasteiger partial charge in [-0.2, -0.15) is 5.26 Å². The molecule has 1 aromatic carbocycles. The summed E-state index contributed by atoms with van der Waals surface area (Å²) in [6.45, 7) is 5.13. The number of benzene rings is 1. The summed E-state index contributed by atoms with van der Waals surface area (Å²) in [4.78, 5) is 15.7. The third kappa shape index (κ3) is 3.17. The van der Waals surface area contributed by atoms with Gasteiger partial charge in [0.25, 0.3) is 0 Å². The van der Waals surface area contributed by atoms with Gasteiger partial charge in [-0.1, -0.05) is 0 Å². The van der Waals surface area contributed by atoms with E-state index in [-0.39, 0.29) is 17.2 Å². The van der Waals surface area contributed by atoms with E-state index in [1.165, 1.54) is 12.4 Å². The quantitative estimate of drug-likeness (QED) is 0.768. The highest BCUT2D eigenvalue weighted by atomic mass is 19.1. The average molecular weight is 366 g/mol. The topological polar surface area (TPSA) is 81.1 Å². The molecule has 4 rings (SSSR count). The smallest absolute Gasteiger partial charge is 0.242 e. The molecule has 0 saturated carbocycles. The minimum Gasteiger partial charge on any atom is -0.434 e. The Morgan fingerprint density at radius 3 is 2.74 bits per heavy atom.